The predicted molar refractivity (Wildman–Crippen MR) is 124 cm³/mol. The summed E-state index contributed by atoms with van der Waals surface area (Å²) >= 11 is 0. The van der Waals surface area contributed by atoms with Gasteiger partial charge >= 0.3 is 0 Å². The summed E-state index contributed by atoms with van der Waals surface area (Å²) in [6.45, 7) is 6.22. The number of aryl methyl sites for hydroxylation is 3. The van der Waals surface area contributed by atoms with Crippen molar-refractivity contribution in [2.75, 3.05) is 5.32 Å². The number of nitrogens with one attached hydrogen (secondary N) is 2. The molecule has 1 fully saturated rings. The summed E-state index contributed by atoms with van der Waals surface area (Å²) in [4.78, 5) is 25.7. The van der Waals surface area contributed by atoms with E-state index >= 15 is 0 Å². The van der Waals surface area contributed by atoms with Crippen LogP contribution in [-0.2, 0) is 5.41 Å². The van der Waals surface area contributed by atoms with Gasteiger partial charge in [-0.3, -0.25) is 4.79 Å². The van der Waals surface area contributed by atoms with Crippen LogP contribution in [-0.4, -0.2) is 20.9 Å². The highest BCUT2D eigenvalue weighted by atomic mass is 16.1. The maximum atomic E-state index is 12.5. The van der Waals surface area contributed by atoms with Crippen molar-refractivity contribution in [1.29, 1.82) is 0 Å². The van der Waals surface area contributed by atoms with Crippen LogP contribution in [0.15, 0.2) is 54.7 Å². The van der Waals surface area contributed by atoms with Crippen molar-refractivity contribution in [3.63, 3.8) is 0 Å². The first-order valence-corrected chi connectivity index (χ1v) is 10.8. The Morgan fingerprint density at radius 2 is 1.90 bits per heavy atom. The lowest BCUT2D eigenvalue weighted by Gasteiger charge is -2.40. The number of H-pyrrole nitrogens is 1. The largest absolute Gasteiger partial charge is 0.341 e. The molecular weight excluding hydrogens is 384 g/mol. The van der Waals surface area contributed by atoms with Crippen LogP contribution in [0.5, 0.6) is 0 Å². The monoisotopic (exact) mass is 410 g/mol. The highest BCUT2D eigenvalue weighted by molar-refractivity contribution is 6.03. The Balaban J connectivity index is 1.43. The molecule has 0 saturated heterocycles. The number of imidazole rings is 1. The molecule has 2 aromatic heterocycles. The van der Waals surface area contributed by atoms with Crippen molar-refractivity contribution in [3.05, 3.63) is 88.4 Å². The van der Waals surface area contributed by atoms with Crippen molar-refractivity contribution in [1.82, 2.24) is 15.0 Å². The Bertz CT molecular complexity index is 1280. The van der Waals surface area contributed by atoms with E-state index in [-0.39, 0.29) is 11.3 Å². The number of aromatic nitrogens is 3. The molecule has 5 heteroatoms. The quantitative estimate of drug-likeness (QED) is 0.460. The molecule has 0 spiro atoms. The molecule has 0 atom stereocenters. The van der Waals surface area contributed by atoms with E-state index in [0.29, 0.717) is 11.4 Å². The second-order valence-corrected chi connectivity index (χ2v) is 8.68. The highest BCUT2D eigenvalue weighted by Crippen LogP contribution is 2.48. The van der Waals surface area contributed by atoms with Crippen LogP contribution in [0.2, 0.25) is 0 Å². The number of nitrogens with zero attached hydrogens (tertiary/aromatic N) is 2. The van der Waals surface area contributed by atoms with Gasteiger partial charge in [-0.1, -0.05) is 36.2 Å². The fraction of sp³-hybridized carbons (Fsp3) is 0.269. The smallest absolute Gasteiger partial charge is 0.256 e. The zero-order chi connectivity index (χ0) is 21.6. The molecular formula is C26H26N4O. The molecule has 0 aliphatic heterocycles. The molecule has 1 saturated carbocycles. The maximum absolute atomic E-state index is 12.5. The maximum Gasteiger partial charge on any atom is 0.256 e. The number of hydrogen-bond donors (Lipinski definition) is 2. The van der Waals surface area contributed by atoms with Crippen molar-refractivity contribution in [2.24, 2.45) is 0 Å². The summed E-state index contributed by atoms with van der Waals surface area (Å²) in [5.41, 5.74) is 7.31. The molecule has 2 N–H and O–H groups in total. The molecule has 5 rings (SSSR count). The van der Waals surface area contributed by atoms with E-state index in [1.54, 1.807) is 0 Å². The van der Waals surface area contributed by atoms with E-state index in [2.05, 4.69) is 47.3 Å². The van der Waals surface area contributed by atoms with Crippen LogP contribution in [0.4, 0.5) is 5.82 Å². The van der Waals surface area contributed by atoms with Gasteiger partial charge in [0.25, 0.3) is 5.91 Å². The molecule has 0 unspecified atom stereocenters. The van der Waals surface area contributed by atoms with E-state index in [9.17, 15) is 4.79 Å². The number of aromatic amines is 1. The van der Waals surface area contributed by atoms with Gasteiger partial charge in [0.1, 0.15) is 11.6 Å². The number of hydrogen-bond acceptors (Lipinski definition) is 3. The minimum atomic E-state index is -0.148. The van der Waals surface area contributed by atoms with Gasteiger partial charge in [-0.25, -0.2) is 9.97 Å². The molecule has 31 heavy (non-hydrogen) atoms. The molecule has 2 aromatic carbocycles. The van der Waals surface area contributed by atoms with Crippen molar-refractivity contribution >= 4 is 22.8 Å². The minimum Gasteiger partial charge on any atom is -0.341 e. The Morgan fingerprint density at radius 3 is 2.58 bits per heavy atom. The molecule has 2 heterocycles. The highest BCUT2D eigenvalue weighted by Gasteiger charge is 2.43. The van der Waals surface area contributed by atoms with Crippen LogP contribution >= 0.6 is 0 Å². The molecule has 1 amide bonds. The SMILES string of the molecule is Cc1cccc(C(=O)Nc2ccc(C3(c4nc5c(C)c(C)ccc5[nH]4)CCC3)cn2)c1. The van der Waals surface area contributed by atoms with Crippen LogP contribution in [0.25, 0.3) is 11.0 Å². The van der Waals surface area contributed by atoms with E-state index in [1.165, 1.54) is 17.5 Å². The van der Waals surface area contributed by atoms with Gasteiger partial charge < -0.3 is 10.3 Å². The standard InChI is InChI=1S/C26H26N4O/c1-16-6-4-7-19(14-16)24(31)29-22-11-9-20(15-27-22)26(12-5-13-26)25-28-21-10-8-17(2)18(3)23(21)30-25/h4,6-11,14-15H,5,12-13H2,1-3H3,(H,28,30)(H,27,29,31). The van der Waals surface area contributed by atoms with Gasteiger partial charge in [-0.05, 0) is 74.6 Å². The first-order chi connectivity index (χ1) is 15.0. The lowest BCUT2D eigenvalue weighted by atomic mass is 9.64. The third-order valence-corrected chi connectivity index (χ3v) is 6.68. The van der Waals surface area contributed by atoms with Crippen LogP contribution in [0.3, 0.4) is 0 Å². The van der Waals surface area contributed by atoms with Crippen molar-refractivity contribution in [2.45, 2.75) is 45.4 Å². The third kappa shape index (κ3) is 3.30. The first kappa shape index (κ1) is 19.5. The van der Waals surface area contributed by atoms with Gasteiger partial charge in [-0.15, -0.1) is 0 Å². The van der Waals surface area contributed by atoms with Crippen LogP contribution in [0.1, 0.15) is 57.7 Å². The Hall–Kier alpha value is -3.47. The molecule has 4 aromatic rings. The molecule has 5 nitrogen and oxygen atoms in total. The molecule has 0 radical (unpaired) electrons. The summed E-state index contributed by atoms with van der Waals surface area (Å²) in [5.74, 6) is 1.42. The number of anilines is 1. The van der Waals surface area contributed by atoms with E-state index in [1.807, 2.05) is 43.5 Å². The number of carbonyl (C=O) groups excluding carboxylic acids is 1. The lowest BCUT2D eigenvalue weighted by molar-refractivity contribution is 0.102. The topological polar surface area (TPSA) is 70.7 Å². The van der Waals surface area contributed by atoms with Gasteiger partial charge in [0, 0.05) is 11.8 Å². The van der Waals surface area contributed by atoms with E-state index in [4.69, 9.17) is 4.98 Å². The van der Waals surface area contributed by atoms with Gasteiger partial charge in [0.15, 0.2) is 0 Å². The van der Waals surface area contributed by atoms with E-state index < -0.39 is 0 Å². The second kappa shape index (κ2) is 7.34. The number of carbonyl (C=O) groups is 1. The van der Waals surface area contributed by atoms with Crippen molar-refractivity contribution < 1.29 is 4.79 Å². The zero-order valence-electron chi connectivity index (χ0n) is 18.1. The summed E-state index contributed by atoms with van der Waals surface area (Å²) in [6.07, 6.45) is 5.14. The summed E-state index contributed by atoms with van der Waals surface area (Å²) in [6, 6.07) is 15.8. The minimum absolute atomic E-state index is 0.133. The second-order valence-electron chi connectivity index (χ2n) is 8.68. The number of fused-ring (bicyclic) bond motifs is 1. The van der Waals surface area contributed by atoms with Crippen molar-refractivity contribution in [3.8, 4) is 0 Å². The number of amides is 1. The molecule has 1 aliphatic carbocycles. The average Bonchev–Trinajstić information content (AvgIpc) is 3.16. The normalized spacial score (nSPS) is 14.9. The lowest BCUT2D eigenvalue weighted by Crippen LogP contribution is -2.36. The van der Waals surface area contributed by atoms with E-state index in [0.717, 1.165) is 40.8 Å². The summed E-state index contributed by atoms with van der Waals surface area (Å²) in [7, 11) is 0. The fourth-order valence-electron chi connectivity index (χ4n) is 4.46. The first-order valence-electron chi connectivity index (χ1n) is 10.8. The van der Waals surface area contributed by atoms with Crippen LogP contribution < -0.4 is 5.32 Å². The van der Waals surface area contributed by atoms with Gasteiger partial charge in [0.05, 0.1) is 16.4 Å². The molecule has 1 aliphatic rings. The molecule has 156 valence electrons. The summed E-state index contributed by atoms with van der Waals surface area (Å²) < 4.78 is 0. The van der Waals surface area contributed by atoms with Gasteiger partial charge in [0.2, 0.25) is 0 Å². The zero-order valence-corrected chi connectivity index (χ0v) is 18.1. The summed E-state index contributed by atoms with van der Waals surface area (Å²) in [5, 5.41) is 2.90. The number of pyridine rings is 1. The predicted octanol–water partition coefficient (Wildman–Crippen LogP) is 5.61. The fourth-order valence-corrected chi connectivity index (χ4v) is 4.46. The Morgan fingerprint density at radius 1 is 1.06 bits per heavy atom. The Labute approximate surface area is 182 Å². The number of benzene rings is 2. The third-order valence-electron chi connectivity index (χ3n) is 6.68. The van der Waals surface area contributed by atoms with Gasteiger partial charge in [-0.2, -0.15) is 0 Å². The Kier molecular flexibility index (Phi) is 4.62. The molecule has 0 bridgehead atoms. The average molecular weight is 411 g/mol. The van der Waals surface area contributed by atoms with Crippen LogP contribution in [0, 0.1) is 20.8 Å². The number of rotatable bonds is 4.